The molecule has 1 unspecified atom stereocenters. The number of esters is 1. The second kappa shape index (κ2) is 11.5. The number of ether oxygens (including phenoxy) is 1. The van der Waals surface area contributed by atoms with Crippen LogP contribution in [0.3, 0.4) is 0 Å². The number of hydrogen-bond donors (Lipinski definition) is 1. The lowest BCUT2D eigenvalue weighted by Crippen LogP contribution is -2.14. The van der Waals surface area contributed by atoms with E-state index in [1.54, 1.807) is 19.3 Å². The maximum Gasteiger partial charge on any atom is 0.306 e. The summed E-state index contributed by atoms with van der Waals surface area (Å²) in [5, 5.41) is 3.34. The fraction of sp³-hybridized carbons (Fsp3) is 0.542. The number of nitrogens with zero attached hydrogens (tertiary/aromatic N) is 3. The van der Waals surface area contributed by atoms with Crippen LogP contribution in [0.4, 0.5) is 5.82 Å². The highest BCUT2D eigenvalue weighted by Gasteiger charge is 2.18. The maximum atomic E-state index is 12.4. The number of nitrogens with one attached hydrogen (secondary N) is 1. The van der Waals surface area contributed by atoms with Crippen molar-refractivity contribution in [2.24, 2.45) is 0 Å². The fourth-order valence-corrected chi connectivity index (χ4v) is 3.87. The molecule has 0 saturated heterocycles. The van der Waals surface area contributed by atoms with E-state index in [9.17, 15) is 9.59 Å². The summed E-state index contributed by atoms with van der Waals surface area (Å²) < 4.78 is 5.11. The van der Waals surface area contributed by atoms with Crippen molar-refractivity contribution in [3.05, 3.63) is 47.2 Å². The van der Waals surface area contributed by atoms with Crippen LogP contribution in [0.15, 0.2) is 24.5 Å². The van der Waals surface area contributed by atoms with Gasteiger partial charge in [-0.25, -0.2) is 15.0 Å². The molecule has 0 aromatic carbocycles. The first-order valence-corrected chi connectivity index (χ1v) is 11.2. The molecule has 7 nitrogen and oxygen atoms in total. The molecule has 1 N–H and O–H groups in total. The van der Waals surface area contributed by atoms with Gasteiger partial charge in [0.2, 0.25) is 0 Å². The predicted octanol–water partition coefficient (Wildman–Crippen LogP) is 3.95. The number of hydrogen-bond acceptors (Lipinski definition) is 7. The minimum Gasteiger partial charge on any atom is -0.466 e. The monoisotopic (exact) mass is 424 g/mol. The van der Waals surface area contributed by atoms with Gasteiger partial charge in [0, 0.05) is 37.5 Å². The van der Waals surface area contributed by atoms with Crippen LogP contribution in [0.25, 0.3) is 0 Å². The van der Waals surface area contributed by atoms with Gasteiger partial charge >= 0.3 is 5.97 Å². The predicted molar refractivity (Wildman–Crippen MR) is 119 cm³/mol. The van der Waals surface area contributed by atoms with Crippen LogP contribution >= 0.6 is 0 Å². The second-order valence-corrected chi connectivity index (χ2v) is 8.04. The third kappa shape index (κ3) is 7.12. The second-order valence-electron chi connectivity index (χ2n) is 8.04. The molecule has 0 aliphatic carbocycles. The van der Waals surface area contributed by atoms with Crippen molar-refractivity contribution in [1.29, 1.82) is 0 Å². The summed E-state index contributed by atoms with van der Waals surface area (Å²) in [5.74, 6) is 1.62. The molecule has 0 spiro atoms. The molecule has 31 heavy (non-hydrogen) atoms. The van der Waals surface area contributed by atoms with Gasteiger partial charge in [-0.3, -0.25) is 9.59 Å². The van der Waals surface area contributed by atoms with E-state index in [0.29, 0.717) is 31.7 Å². The standard InChI is InChI=1S/C24H32N4O3/c1-3-31-23(30)14-19(20-15-26-17(2)27-16-20)6-4-8-22(29)12-11-21-10-9-18-7-5-13-25-24(18)28-21/h9-10,15-16,19H,3-8,11-14H2,1-2H3,(H,25,28). The lowest BCUT2D eigenvalue weighted by Gasteiger charge is -2.17. The number of pyridine rings is 1. The van der Waals surface area contributed by atoms with E-state index < -0.39 is 0 Å². The Morgan fingerprint density at radius 1 is 1.19 bits per heavy atom. The zero-order chi connectivity index (χ0) is 22.1. The van der Waals surface area contributed by atoms with E-state index in [-0.39, 0.29) is 24.1 Å². The van der Waals surface area contributed by atoms with Crippen LogP contribution in [0.1, 0.15) is 74.0 Å². The summed E-state index contributed by atoms with van der Waals surface area (Å²) in [6.45, 7) is 4.95. The Morgan fingerprint density at radius 3 is 2.77 bits per heavy atom. The van der Waals surface area contributed by atoms with Gasteiger partial charge in [0.1, 0.15) is 17.4 Å². The number of fused-ring (bicyclic) bond motifs is 1. The summed E-state index contributed by atoms with van der Waals surface area (Å²) >= 11 is 0. The smallest absolute Gasteiger partial charge is 0.306 e. The highest BCUT2D eigenvalue weighted by Crippen LogP contribution is 2.26. The quantitative estimate of drug-likeness (QED) is 0.546. The minimum atomic E-state index is -0.230. The van der Waals surface area contributed by atoms with Crippen LogP contribution < -0.4 is 5.32 Å². The number of rotatable bonds is 11. The number of anilines is 1. The van der Waals surface area contributed by atoms with Gasteiger partial charge in [-0.2, -0.15) is 0 Å². The molecule has 2 aromatic heterocycles. The molecule has 3 rings (SSSR count). The third-order valence-corrected chi connectivity index (χ3v) is 5.61. The molecule has 0 radical (unpaired) electrons. The van der Waals surface area contributed by atoms with Gasteiger partial charge in [0.15, 0.2) is 0 Å². The molecule has 166 valence electrons. The minimum absolute atomic E-state index is 0.0409. The van der Waals surface area contributed by atoms with Crippen molar-refractivity contribution in [2.45, 2.75) is 71.1 Å². The summed E-state index contributed by atoms with van der Waals surface area (Å²) in [6, 6.07) is 4.16. The SMILES string of the molecule is CCOC(=O)CC(CCCC(=O)CCc1ccc2c(n1)NCCC2)c1cnc(C)nc1. The molecular formula is C24H32N4O3. The van der Waals surface area contributed by atoms with Crippen LogP contribution in [0.5, 0.6) is 0 Å². The normalized spacial score (nSPS) is 13.7. The Morgan fingerprint density at radius 2 is 2.00 bits per heavy atom. The topological polar surface area (TPSA) is 94.1 Å². The van der Waals surface area contributed by atoms with E-state index in [0.717, 1.165) is 49.3 Å². The number of ketones is 1. The summed E-state index contributed by atoms with van der Waals surface area (Å²) in [6.07, 6.45) is 9.09. The number of Topliss-reactive ketones (excluding diaryl/α,β-unsaturated/α-hetero) is 1. The number of aromatic nitrogens is 3. The molecule has 1 atom stereocenters. The Kier molecular flexibility index (Phi) is 8.50. The molecule has 1 aliphatic rings. The van der Waals surface area contributed by atoms with E-state index in [1.165, 1.54) is 5.56 Å². The average Bonchev–Trinajstić information content (AvgIpc) is 2.77. The van der Waals surface area contributed by atoms with Crippen molar-refractivity contribution >= 4 is 17.6 Å². The van der Waals surface area contributed by atoms with Crippen LogP contribution in [-0.2, 0) is 27.2 Å². The third-order valence-electron chi connectivity index (χ3n) is 5.61. The van der Waals surface area contributed by atoms with Crippen molar-refractivity contribution in [1.82, 2.24) is 15.0 Å². The average molecular weight is 425 g/mol. The Labute approximate surface area is 184 Å². The molecule has 7 heteroatoms. The lowest BCUT2D eigenvalue weighted by atomic mass is 9.91. The van der Waals surface area contributed by atoms with Gasteiger partial charge < -0.3 is 10.1 Å². The molecule has 0 amide bonds. The highest BCUT2D eigenvalue weighted by atomic mass is 16.5. The van der Waals surface area contributed by atoms with E-state index in [4.69, 9.17) is 4.74 Å². The van der Waals surface area contributed by atoms with Crippen molar-refractivity contribution in [3.63, 3.8) is 0 Å². The fourth-order valence-electron chi connectivity index (χ4n) is 3.87. The van der Waals surface area contributed by atoms with Crippen molar-refractivity contribution < 1.29 is 14.3 Å². The van der Waals surface area contributed by atoms with Gasteiger partial charge in [-0.1, -0.05) is 6.07 Å². The van der Waals surface area contributed by atoms with Crippen molar-refractivity contribution in [3.8, 4) is 0 Å². The van der Waals surface area contributed by atoms with Gasteiger partial charge in [-0.15, -0.1) is 0 Å². The maximum absolute atomic E-state index is 12.4. The lowest BCUT2D eigenvalue weighted by molar-refractivity contribution is -0.143. The molecule has 1 aliphatic heterocycles. The first kappa shape index (κ1) is 22.8. The molecule has 0 saturated carbocycles. The van der Waals surface area contributed by atoms with Gasteiger partial charge in [-0.05, 0) is 69.1 Å². The Hall–Kier alpha value is -2.83. The molecular weight excluding hydrogens is 392 g/mol. The summed E-state index contributed by atoms with van der Waals surface area (Å²) in [7, 11) is 0. The molecule has 2 aromatic rings. The summed E-state index contributed by atoms with van der Waals surface area (Å²) in [4.78, 5) is 37.6. The van der Waals surface area contributed by atoms with Gasteiger partial charge in [0.05, 0.1) is 13.0 Å². The van der Waals surface area contributed by atoms with Gasteiger partial charge in [0.25, 0.3) is 0 Å². The molecule has 0 bridgehead atoms. The van der Waals surface area contributed by atoms with E-state index in [1.807, 2.05) is 13.0 Å². The van der Waals surface area contributed by atoms with Crippen LogP contribution in [-0.4, -0.2) is 39.9 Å². The highest BCUT2D eigenvalue weighted by molar-refractivity contribution is 5.78. The number of carbonyl (C=O) groups is 2. The number of aryl methyl sites for hydroxylation is 3. The number of carbonyl (C=O) groups excluding carboxylic acids is 2. The Bertz CT molecular complexity index is 883. The largest absolute Gasteiger partial charge is 0.466 e. The zero-order valence-electron chi connectivity index (χ0n) is 18.5. The molecule has 3 heterocycles. The van der Waals surface area contributed by atoms with E-state index >= 15 is 0 Å². The molecule has 0 fully saturated rings. The van der Waals surface area contributed by atoms with Crippen molar-refractivity contribution in [2.75, 3.05) is 18.5 Å². The first-order chi connectivity index (χ1) is 15.0. The zero-order valence-corrected chi connectivity index (χ0v) is 18.5. The first-order valence-electron chi connectivity index (χ1n) is 11.2. The van der Waals surface area contributed by atoms with Crippen LogP contribution in [0.2, 0.25) is 0 Å². The summed E-state index contributed by atoms with van der Waals surface area (Å²) in [5.41, 5.74) is 3.13. The Balaban J connectivity index is 1.48. The van der Waals surface area contributed by atoms with E-state index in [2.05, 4.69) is 26.3 Å². The van der Waals surface area contributed by atoms with Crippen LogP contribution in [0, 0.1) is 6.92 Å².